The number of halogens is 1. The summed E-state index contributed by atoms with van der Waals surface area (Å²) in [5, 5.41) is 0.239. The Hall–Kier alpha value is -2.95. The van der Waals surface area contributed by atoms with E-state index in [0.717, 1.165) is 5.56 Å². The van der Waals surface area contributed by atoms with E-state index in [2.05, 4.69) is 13.8 Å². The first-order valence-electron chi connectivity index (χ1n) is 9.40. The zero-order chi connectivity index (χ0) is 20.4. The quantitative estimate of drug-likeness (QED) is 0.585. The fourth-order valence-corrected chi connectivity index (χ4v) is 3.43. The first kappa shape index (κ1) is 19.8. The molecule has 0 radical (unpaired) electrons. The second-order valence-electron chi connectivity index (χ2n) is 7.64. The van der Waals surface area contributed by atoms with Crippen LogP contribution in [-0.2, 0) is 13.1 Å². The Balaban J connectivity index is 2.16. The molecule has 3 aromatic rings. The molecule has 0 spiro atoms. The lowest BCUT2D eigenvalue weighted by molar-refractivity contribution is 0.101. The van der Waals surface area contributed by atoms with Gasteiger partial charge in [-0.3, -0.25) is 9.59 Å². The third kappa shape index (κ3) is 3.98. The highest BCUT2D eigenvalue weighted by molar-refractivity contribution is 5.97. The van der Waals surface area contributed by atoms with Crippen molar-refractivity contribution in [1.29, 1.82) is 0 Å². The van der Waals surface area contributed by atoms with Crippen molar-refractivity contribution in [3.8, 4) is 0 Å². The van der Waals surface area contributed by atoms with Gasteiger partial charge in [0, 0.05) is 31.7 Å². The first-order chi connectivity index (χ1) is 13.3. The van der Waals surface area contributed by atoms with E-state index < -0.39 is 11.2 Å². The number of nitrogens with zero attached hydrogens (tertiary/aromatic N) is 2. The van der Waals surface area contributed by atoms with Gasteiger partial charge >= 0.3 is 0 Å². The van der Waals surface area contributed by atoms with Gasteiger partial charge in [0.1, 0.15) is 5.82 Å². The van der Waals surface area contributed by atoms with Crippen LogP contribution in [0.1, 0.15) is 36.7 Å². The first-order valence-corrected chi connectivity index (χ1v) is 9.40. The SMILES string of the molecule is CC(=O)c1cn(CC(C)C)c2cc(N(C)Cc3ccccc3)c(F)cc2c1=O. The third-order valence-electron chi connectivity index (χ3n) is 4.76. The Morgan fingerprint density at radius 3 is 2.46 bits per heavy atom. The van der Waals surface area contributed by atoms with Crippen molar-refractivity contribution in [2.75, 3.05) is 11.9 Å². The summed E-state index contributed by atoms with van der Waals surface area (Å²) in [7, 11) is 1.83. The molecular weight excluding hydrogens is 355 g/mol. The minimum atomic E-state index is -0.472. The molecule has 0 amide bonds. The minimum absolute atomic E-state index is 0.0953. The van der Waals surface area contributed by atoms with Crippen molar-refractivity contribution in [3.63, 3.8) is 0 Å². The predicted octanol–water partition coefficient (Wildman–Crippen LogP) is 4.64. The number of rotatable bonds is 6. The molecule has 146 valence electrons. The zero-order valence-electron chi connectivity index (χ0n) is 16.7. The standard InChI is InChI=1S/C23H25FN2O2/c1-15(2)12-26-14-19(16(3)27)23(28)18-10-20(24)22(11-21(18)26)25(4)13-17-8-6-5-7-9-17/h5-11,14-15H,12-13H2,1-4H3. The van der Waals surface area contributed by atoms with Crippen molar-refractivity contribution >= 4 is 22.4 Å². The number of pyridine rings is 1. The summed E-state index contributed by atoms with van der Waals surface area (Å²) in [5.41, 5.74) is 1.80. The van der Waals surface area contributed by atoms with Gasteiger partial charge in [0.2, 0.25) is 0 Å². The van der Waals surface area contributed by atoms with Gasteiger partial charge in [0.15, 0.2) is 11.2 Å². The lowest BCUT2D eigenvalue weighted by atomic mass is 10.1. The predicted molar refractivity (Wildman–Crippen MR) is 112 cm³/mol. The highest BCUT2D eigenvalue weighted by Crippen LogP contribution is 2.26. The van der Waals surface area contributed by atoms with Crippen molar-refractivity contribution in [2.24, 2.45) is 5.92 Å². The van der Waals surface area contributed by atoms with Crippen LogP contribution in [0.2, 0.25) is 0 Å². The number of carbonyl (C=O) groups is 1. The van der Waals surface area contributed by atoms with E-state index in [1.54, 1.807) is 12.3 Å². The maximum Gasteiger partial charge on any atom is 0.200 e. The van der Waals surface area contributed by atoms with Crippen LogP contribution in [0.25, 0.3) is 10.9 Å². The Morgan fingerprint density at radius 1 is 1.18 bits per heavy atom. The molecule has 4 nitrogen and oxygen atoms in total. The maximum atomic E-state index is 14.9. The average Bonchev–Trinajstić information content (AvgIpc) is 2.64. The molecule has 0 bridgehead atoms. The van der Waals surface area contributed by atoms with Crippen LogP contribution in [0.4, 0.5) is 10.1 Å². The smallest absolute Gasteiger partial charge is 0.200 e. The number of ketones is 1. The van der Waals surface area contributed by atoms with E-state index in [4.69, 9.17) is 0 Å². The molecule has 0 saturated carbocycles. The van der Waals surface area contributed by atoms with E-state index in [0.29, 0.717) is 30.2 Å². The number of fused-ring (bicyclic) bond motifs is 1. The van der Waals surface area contributed by atoms with Gasteiger partial charge in [-0.15, -0.1) is 0 Å². The topological polar surface area (TPSA) is 42.3 Å². The number of hydrogen-bond donors (Lipinski definition) is 0. The molecule has 0 aliphatic carbocycles. The lowest BCUT2D eigenvalue weighted by Gasteiger charge is -2.22. The number of aromatic nitrogens is 1. The molecule has 0 N–H and O–H groups in total. The van der Waals surface area contributed by atoms with E-state index in [1.165, 1.54) is 13.0 Å². The third-order valence-corrected chi connectivity index (χ3v) is 4.76. The monoisotopic (exact) mass is 380 g/mol. The van der Waals surface area contributed by atoms with Crippen molar-refractivity contribution in [2.45, 2.75) is 33.9 Å². The van der Waals surface area contributed by atoms with Crippen molar-refractivity contribution in [1.82, 2.24) is 4.57 Å². The number of anilines is 1. The van der Waals surface area contributed by atoms with Gasteiger partial charge < -0.3 is 9.47 Å². The van der Waals surface area contributed by atoms with Crippen LogP contribution in [0.5, 0.6) is 0 Å². The second-order valence-corrected chi connectivity index (χ2v) is 7.64. The van der Waals surface area contributed by atoms with Gasteiger partial charge in [0.25, 0.3) is 0 Å². The van der Waals surface area contributed by atoms with Gasteiger partial charge in [0.05, 0.1) is 16.8 Å². The largest absolute Gasteiger partial charge is 0.368 e. The van der Waals surface area contributed by atoms with E-state index in [-0.39, 0.29) is 16.7 Å². The number of benzene rings is 2. The molecule has 3 rings (SSSR count). The van der Waals surface area contributed by atoms with E-state index >= 15 is 0 Å². The highest BCUT2D eigenvalue weighted by Gasteiger charge is 2.17. The fraction of sp³-hybridized carbons (Fsp3) is 0.304. The lowest BCUT2D eigenvalue weighted by Crippen LogP contribution is -2.21. The molecule has 5 heteroatoms. The van der Waals surface area contributed by atoms with Crippen LogP contribution in [0.3, 0.4) is 0 Å². The van der Waals surface area contributed by atoms with Gasteiger partial charge in [-0.2, -0.15) is 0 Å². The second kappa shape index (κ2) is 7.97. The van der Waals surface area contributed by atoms with Crippen LogP contribution >= 0.6 is 0 Å². The Kier molecular flexibility index (Phi) is 5.63. The van der Waals surface area contributed by atoms with Crippen LogP contribution in [0.15, 0.2) is 53.5 Å². The van der Waals surface area contributed by atoms with Gasteiger partial charge in [-0.1, -0.05) is 44.2 Å². The number of hydrogen-bond acceptors (Lipinski definition) is 3. The Bertz CT molecular complexity index is 1070. The van der Waals surface area contributed by atoms with Crippen LogP contribution in [-0.4, -0.2) is 17.4 Å². The van der Waals surface area contributed by atoms with Crippen LogP contribution < -0.4 is 10.3 Å². The number of carbonyl (C=O) groups excluding carboxylic acids is 1. The molecule has 0 atom stereocenters. The van der Waals surface area contributed by atoms with Gasteiger partial charge in [-0.25, -0.2) is 4.39 Å². The molecule has 0 aliphatic heterocycles. The summed E-state index contributed by atoms with van der Waals surface area (Å²) in [6.07, 6.45) is 1.60. The summed E-state index contributed by atoms with van der Waals surface area (Å²) >= 11 is 0. The molecule has 0 fully saturated rings. The molecule has 1 aromatic heterocycles. The molecular formula is C23H25FN2O2. The van der Waals surface area contributed by atoms with Gasteiger partial charge in [-0.05, 0) is 30.5 Å². The average molecular weight is 380 g/mol. The maximum absolute atomic E-state index is 14.9. The summed E-state index contributed by atoms with van der Waals surface area (Å²) < 4.78 is 16.8. The molecule has 0 saturated heterocycles. The highest BCUT2D eigenvalue weighted by atomic mass is 19.1. The minimum Gasteiger partial charge on any atom is -0.368 e. The Labute approximate surface area is 164 Å². The summed E-state index contributed by atoms with van der Waals surface area (Å²) in [6.45, 7) is 6.65. The van der Waals surface area contributed by atoms with Crippen molar-refractivity contribution < 1.29 is 9.18 Å². The summed E-state index contributed by atoms with van der Waals surface area (Å²) in [6, 6.07) is 12.8. The van der Waals surface area contributed by atoms with Crippen LogP contribution in [0, 0.1) is 11.7 Å². The van der Waals surface area contributed by atoms with Crippen molar-refractivity contribution in [3.05, 3.63) is 75.8 Å². The summed E-state index contributed by atoms with van der Waals surface area (Å²) in [4.78, 5) is 26.4. The van der Waals surface area contributed by atoms with E-state index in [9.17, 15) is 14.0 Å². The molecule has 1 heterocycles. The van der Waals surface area contributed by atoms with E-state index in [1.807, 2.05) is 46.8 Å². The molecule has 0 unspecified atom stereocenters. The summed E-state index contributed by atoms with van der Waals surface area (Å²) in [5.74, 6) is -0.476. The molecule has 28 heavy (non-hydrogen) atoms. The Morgan fingerprint density at radius 2 is 1.86 bits per heavy atom. The molecule has 2 aromatic carbocycles. The fourth-order valence-electron chi connectivity index (χ4n) is 3.43. The normalized spacial score (nSPS) is 11.2. The number of Topliss-reactive ketones (excluding diaryl/α,β-unsaturated/α-hetero) is 1. The molecule has 0 aliphatic rings. The zero-order valence-corrected chi connectivity index (χ0v) is 16.7.